The van der Waals surface area contributed by atoms with Crippen molar-refractivity contribution in [2.75, 3.05) is 13.1 Å². The van der Waals surface area contributed by atoms with Gasteiger partial charge in [-0.15, -0.1) is 6.42 Å². The molecule has 1 aromatic carbocycles. The molecule has 0 saturated carbocycles. The van der Waals surface area contributed by atoms with Gasteiger partial charge in [0.15, 0.2) is 0 Å². The molecule has 0 aliphatic heterocycles. The topological polar surface area (TPSA) is 37.4 Å². The van der Waals surface area contributed by atoms with Crippen molar-refractivity contribution < 1.29 is 8.42 Å². The smallest absolute Gasteiger partial charge is 0.207 e. The highest BCUT2D eigenvalue weighted by Gasteiger charge is 2.22. The Kier molecular flexibility index (Phi) is 5.14. The zero-order valence-corrected chi connectivity index (χ0v) is 11.4. The minimum Gasteiger partial charge on any atom is -0.207 e. The van der Waals surface area contributed by atoms with Crippen LogP contribution in [-0.2, 0) is 10.0 Å². The van der Waals surface area contributed by atoms with E-state index in [0.717, 1.165) is 5.57 Å². The van der Waals surface area contributed by atoms with Crippen LogP contribution in [0.3, 0.4) is 0 Å². The van der Waals surface area contributed by atoms with Gasteiger partial charge in [0.05, 0.1) is 11.4 Å². The van der Waals surface area contributed by atoms with Gasteiger partial charge in [0.25, 0.3) is 0 Å². The number of benzene rings is 1. The van der Waals surface area contributed by atoms with E-state index in [9.17, 15) is 8.42 Å². The van der Waals surface area contributed by atoms with Crippen LogP contribution in [0.15, 0.2) is 46.9 Å². The average Bonchev–Trinajstić information content (AvgIpc) is 2.35. The summed E-state index contributed by atoms with van der Waals surface area (Å²) in [6.45, 7) is 4.21. The molecule has 0 amide bonds. The van der Waals surface area contributed by atoms with Crippen LogP contribution in [0.4, 0.5) is 0 Å². The zero-order valence-electron chi connectivity index (χ0n) is 10.6. The van der Waals surface area contributed by atoms with Crippen molar-refractivity contribution in [2.24, 2.45) is 0 Å². The fourth-order valence-electron chi connectivity index (χ4n) is 1.38. The van der Waals surface area contributed by atoms with Crippen molar-refractivity contribution in [3.05, 3.63) is 42.0 Å². The van der Waals surface area contributed by atoms with Crippen LogP contribution in [-0.4, -0.2) is 25.8 Å². The molecule has 0 heterocycles. The number of rotatable bonds is 5. The number of hydrogen-bond donors (Lipinski definition) is 0. The van der Waals surface area contributed by atoms with E-state index in [-0.39, 0.29) is 11.4 Å². The van der Waals surface area contributed by atoms with E-state index in [1.54, 1.807) is 30.3 Å². The van der Waals surface area contributed by atoms with E-state index in [4.69, 9.17) is 6.42 Å². The van der Waals surface area contributed by atoms with Gasteiger partial charge in [0, 0.05) is 6.54 Å². The predicted molar refractivity (Wildman–Crippen MR) is 73.5 cm³/mol. The first-order valence-corrected chi connectivity index (χ1v) is 7.04. The van der Waals surface area contributed by atoms with Crippen LogP contribution in [0, 0.1) is 12.3 Å². The molecular formula is C14H17NO2S. The lowest BCUT2D eigenvalue weighted by Gasteiger charge is -2.18. The van der Waals surface area contributed by atoms with Crippen molar-refractivity contribution in [3.63, 3.8) is 0 Å². The quantitative estimate of drug-likeness (QED) is 0.603. The average molecular weight is 263 g/mol. The Morgan fingerprint density at radius 2 is 1.94 bits per heavy atom. The molecule has 0 aliphatic rings. The van der Waals surface area contributed by atoms with E-state index >= 15 is 0 Å². The standard InChI is InChI=1S/C14H17NO2S/c1-4-11-15(12-10-13(2)3)18(16,17)14-8-6-5-7-9-14/h1,5-10H,11-12H2,2-3H3. The third-order valence-corrected chi connectivity index (χ3v) is 4.18. The maximum absolute atomic E-state index is 12.3. The van der Waals surface area contributed by atoms with Gasteiger partial charge < -0.3 is 0 Å². The summed E-state index contributed by atoms with van der Waals surface area (Å²) < 4.78 is 26.0. The van der Waals surface area contributed by atoms with Gasteiger partial charge in [0.1, 0.15) is 0 Å². The molecule has 96 valence electrons. The minimum atomic E-state index is -3.51. The molecular weight excluding hydrogens is 246 g/mol. The Hall–Kier alpha value is -1.57. The Labute approximate surface area is 109 Å². The van der Waals surface area contributed by atoms with E-state index in [1.807, 2.05) is 19.9 Å². The number of sulfonamides is 1. The molecule has 0 spiro atoms. The van der Waals surface area contributed by atoms with Gasteiger partial charge >= 0.3 is 0 Å². The summed E-state index contributed by atoms with van der Waals surface area (Å²) in [7, 11) is -3.51. The van der Waals surface area contributed by atoms with Crippen molar-refractivity contribution in [1.29, 1.82) is 0 Å². The number of allylic oxidation sites excluding steroid dienone is 1. The molecule has 0 aromatic heterocycles. The van der Waals surface area contributed by atoms with Gasteiger partial charge in [-0.3, -0.25) is 0 Å². The highest BCUT2D eigenvalue weighted by atomic mass is 32.2. The van der Waals surface area contributed by atoms with Gasteiger partial charge in [-0.1, -0.05) is 35.8 Å². The molecule has 0 bridgehead atoms. The Morgan fingerprint density at radius 1 is 1.33 bits per heavy atom. The number of terminal acetylenes is 1. The fraction of sp³-hybridized carbons (Fsp3) is 0.286. The maximum atomic E-state index is 12.3. The fourth-order valence-corrected chi connectivity index (χ4v) is 2.69. The maximum Gasteiger partial charge on any atom is 0.244 e. The lowest BCUT2D eigenvalue weighted by molar-refractivity contribution is 0.477. The number of hydrogen-bond acceptors (Lipinski definition) is 2. The molecule has 3 nitrogen and oxygen atoms in total. The van der Waals surface area contributed by atoms with Crippen LogP contribution in [0.25, 0.3) is 0 Å². The minimum absolute atomic E-state index is 0.0704. The molecule has 18 heavy (non-hydrogen) atoms. The summed E-state index contributed by atoms with van der Waals surface area (Å²) in [4.78, 5) is 0.266. The molecule has 0 fully saturated rings. The summed E-state index contributed by atoms with van der Waals surface area (Å²) >= 11 is 0. The SMILES string of the molecule is C#CCN(CC=C(C)C)S(=O)(=O)c1ccccc1. The van der Waals surface area contributed by atoms with Crippen LogP contribution in [0.1, 0.15) is 13.8 Å². The van der Waals surface area contributed by atoms with Crippen LogP contribution >= 0.6 is 0 Å². The van der Waals surface area contributed by atoms with Crippen molar-refractivity contribution in [3.8, 4) is 12.3 Å². The monoisotopic (exact) mass is 263 g/mol. The van der Waals surface area contributed by atoms with E-state index in [0.29, 0.717) is 6.54 Å². The third-order valence-electron chi connectivity index (χ3n) is 2.35. The highest BCUT2D eigenvalue weighted by Crippen LogP contribution is 2.14. The summed E-state index contributed by atoms with van der Waals surface area (Å²) in [6, 6.07) is 8.31. The summed E-state index contributed by atoms with van der Waals surface area (Å²) in [5, 5.41) is 0. The van der Waals surface area contributed by atoms with Gasteiger partial charge in [-0.25, -0.2) is 8.42 Å². The molecule has 0 aliphatic carbocycles. The lowest BCUT2D eigenvalue weighted by atomic mass is 10.3. The van der Waals surface area contributed by atoms with E-state index in [1.165, 1.54) is 4.31 Å². The molecule has 4 heteroatoms. The first-order chi connectivity index (χ1) is 8.48. The normalized spacial score (nSPS) is 11.0. The van der Waals surface area contributed by atoms with Crippen LogP contribution in [0.5, 0.6) is 0 Å². The molecule has 0 radical (unpaired) electrons. The van der Waals surface area contributed by atoms with Crippen LogP contribution < -0.4 is 0 Å². The first-order valence-electron chi connectivity index (χ1n) is 5.60. The van der Waals surface area contributed by atoms with E-state index in [2.05, 4.69) is 5.92 Å². The van der Waals surface area contributed by atoms with Crippen molar-refractivity contribution >= 4 is 10.0 Å². The second-order valence-electron chi connectivity index (χ2n) is 4.10. The van der Waals surface area contributed by atoms with Gasteiger partial charge in [-0.05, 0) is 26.0 Å². The third kappa shape index (κ3) is 3.73. The molecule has 0 unspecified atom stereocenters. The highest BCUT2D eigenvalue weighted by molar-refractivity contribution is 7.89. The Bertz CT molecular complexity index is 549. The second kappa shape index (κ2) is 6.39. The molecule has 0 N–H and O–H groups in total. The van der Waals surface area contributed by atoms with Crippen LogP contribution in [0.2, 0.25) is 0 Å². The summed E-state index contributed by atoms with van der Waals surface area (Å²) in [5.41, 5.74) is 1.06. The predicted octanol–water partition coefficient (Wildman–Crippen LogP) is 2.28. The second-order valence-corrected chi connectivity index (χ2v) is 6.03. The molecule has 0 atom stereocenters. The van der Waals surface area contributed by atoms with Gasteiger partial charge in [0.2, 0.25) is 10.0 Å². The summed E-state index contributed by atoms with van der Waals surface area (Å²) in [5.74, 6) is 2.38. The van der Waals surface area contributed by atoms with E-state index < -0.39 is 10.0 Å². The van der Waals surface area contributed by atoms with Gasteiger partial charge in [-0.2, -0.15) is 4.31 Å². The molecule has 0 saturated heterocycles. The summed E-state index contributed by atoms with van der Waals surface area (Å²) in [6.07, 6.45) is 7.08. The first kappa shape index (κ1) is 14.5. The zero-order chi connectivity index (χ0) is 13.6. The Balaban J connectivity index is 3.06. The molecule has 1 aromatic rings. The lowest BCUT2D eigenvalue weighted by Crippen LogP contribution is -2.31. The van der Waals surface area contributed by atoms with Crippen molar-refractivity contribution in [2.45, 2.75) is 18.7 Å². The van der Waals surface area contributed by atoms with Crippen molar-refractivity contribution in [1.82, 2.24) is 4.31 Å². The molecule has 1 rings (SSSR count). The number of nitrogens with zero attached hydrogens (tertiary/aromatic N) is 1. The Morgan fingerprint density at radius 3 is 2.44 bits per heavy atom. The largest absolute Gasteiger partial charge is 0.244 e.